The summed E-state index contributed by atoms with van der Waals surface area (Å²) >= 11 is 0. The molecule has 27 heavy (non-hydrogen) atoms. The highest BCUT2D eigenvalue weighted by atomic mass is 19.1. The molecule has 1 aliphatic carbocycles. The van der Waals surface area contributed by atoms with Gasteiger partial charge in [0.25, 0.3) is 0 Å². The van der Waals surface area contributed by atoms with Gasteiger partial charge < -0.3 is 19.9 Å². The van der Waals surface area contributed by atoms with Crippen molar-refractivity contribution in [3.05, 3.63) is 18.2 Å². The minimum atomic E-state index is -0.464. The summed E-state index contributed by atoms with van der Waals surface area (Å²) in [7, 11) is 0. The van der Waals surface area contributed by atoms with Crippen molar-refractivity contribution in [2.75, 3.05) is 51.2 Å². The summed E-state index contributed by atoms with van der Waals surface area (Å²) in [5.74, 6) is 1.50. The van der Waals surface area contributed by atoms with Crippen LogP contribution in [0, 0.1) is 17.7 Å². The van der Waals surface area contributed by atoms with Gasteiger partial charge in [-0.1, -0.05) is 0 Å². The maximum atomic E-state index is 12.9. The van der Waals surface area contributed by atoms with Crippen molar-refractivity contribution < 1.29 is 13.9 Å². The Hall–Kier alpha value is -1.80. The molecule has 0 spiro atoms. The van der Waals surface area contributed by atoms with Crippen LogP contribution in [0.3, 0.4) is 0 Å². The fourth-order valence-corrected chi connectivity index (χ4v) is 3.92. The van der Waals surface area contributed by atoms with E-state index in [0.29, 0.717) is 25.0 Å². The van der Waals surface area contributed by atoms with Gasteiger partial charge in [-0.25, -0.2) is 14.4 Å². The van der Waals surface area contributed by atoms with Crippen molar-refractivity contribution in [1.82, 2.24) is 19.8 Å². The lowest BCUT2D eigenvalue weighted by atomic mass is 9.95. The van der Waals surface area contributed by atoms with Crippen LogP contribution in [-0.4, -0.2) is 77.7 Å². The van der Waals surface area contributed by atoms with Gasteiger partial charge in [0.05, 0.1) is 18.5 Å². The van der Waals surface area contributed by atoms with E-state index in [9.17, 15) is 9.18 Å². The molecule has 3 fully saturated rings. The standard InChI is InChI=1S/C19H28FN5O2/c20-16-7-21-19(22-8-16)23-9-17-12-25(18(26)13-27-17)11-15-3-5-24(6-4-15)10-14-1-2-14/h7-8,14-15,17H,1-6,9-13H2,(H,21,22,23)/t17-/m0/s1. The predicted molar refractivity (Wildman–Crippen MR) is 98.7 cm³/mol. The monoisotopic (exact) mass is 377 g/mol. The number of likely N-dealkylation sites (tertiary alicyclic amines) is 1. The van der Waals surface area contributed by atoms with Crippen molar-refractivity contribution in [3.8, 4) is 0 Å². The highest BCUT2D eigenvalue weighted by Crippen LogP contribution is 2.31. The summed E-state index contributed by atoms with van der Waals surface area (Å²) in [6.07, 6.45) is 7.30. The number of carbonyl (C=O) groups is 1. The lowest BCUT2D eigenvalue weighted by Crippen LogP contribution is -2.51. The molecule has 8 heteroatoms. The molecule has 7 nitrogen and oxygen atoms in total. The van der Waals surface area contributed by atoms with Crippen molar-refractivity contribution in [2.45, 2.75) is 31.8 Å². The lowest BCUT2D eigenvalue weighted by molar-refractivity contribution is -0.149. The topological polar surface area (TPSA) is 70.6 Å². The second-order valence-electron chi connectivity index (χ2n) is 8.02. The molecular formula is C19H28FN5O2. The number of carbonyl (C=O) groups excluding carboxylic acids is 1. The maximum Gasteiger partial charge on any atom is 0.248 e. The third-order valence-corrected chi connectivity index (χ3v) is 5.73. The van der Waals surface area contributed by atoms with E-state index in [2.05, 4.69) is 20.2 Å². The number of amides is 1. The molecule has 1 aromatic rings. The Labute approximate surface area is 159 Å². The number of nitrogens with zero attached hydrogens (tertiary/aromatic N) is 4. The molecule has 4 rings (SSSR count). The van der Waals surface area contributed by atoms with Gasteiger partial charge in [-0.05, 0) is 50.6 Å². The van der Waals surface area contributed by atoms with Gasteiger partial charge in [-0.3, -0.25) is 4.79 Å². The van der Waals surface area contributed by atoms with Crippen LogP contribution in [0.2, 0.25) is 0 Å². The molecule has 1 amide bonds. The fraction of sp³-hybridized carbons (Fsp3) is 0.737. The number of halogens is 1. The molecule has 148 valence electrons. The molecule has 0 unspecified atom stereocenters. The van der Waals surface area contributed by atoms with Gasteiger partial charge in [0.1, 0.15) is 6.61 Å². The highest BCUT2D eigenvalue weighted by molar-refractivity contribution is 5.78. The molecule has 3 heterocycles. The maximum absolute atomic E-state index is 12.9. The van der Waals surface area contributed by atoms with Gasteiger partial charge in [0, 0.05) is 26.2 Å². The van der Waals surface area contributed by atoms with E-state index in [0.717, 1.165) is 37.9 Å². The number of piperidine rings is 1. The minimum absolute atomic E-state index is 0.0738. The molecule has 2 saturated heterocycles. The summed E-state index contributed by atoms with van der Waals surface area (Å²) < 4.78 is 18.5. The second kappa shape index (κ2) is 8.48. The molecule has 1 N–H and O–H groups in total. The van der Waals surface area contributed by atoms with Crippen LogP contribution in [-0.2, 0) is 9.53 Å². The van der Waals surface area contributed by atoms with Crippen LogP contribution in [0.25, 0.3) is 0 Å². The molecule has 1 atom stereocenters. The Morgan fingerprint density at radius 1 is 1.11 bits per heavy atom. The van der Waals surface area contributed by atoms with Crippen molar-refractivity contribution in [1.29, 1.82) is 0 Å². The summed E-state index contributed by atoms with van der Waals surface area (Å²) in [4.78, 5) is 24.6. The van der Waals surface area contributed by atoms with Crippen molar-refractivity contribution in [2.24, 2.45) is 11.8 Å². The number of hydrogen-bond donors (Lipinski definition) is 1. The lowest BCUT2D eigenvalue weighted by Gasteiger charge is -2.38. The Bertz CT molecular complexity index is 631. The number of morpholine rings is 1. The van der Waals surface area contributed by atoms with Crippen LogP contribution >= 0.6 is 0 Å². The van der Waals surface area contributed by atoms with Crippen LogP contribution < -0.4 is 5.32 Å². The Morgan fingerprint density at radius 3 is 2.52 bits per heavy atom. The molecule has 1 saturated carbocycles. The van der Waals surface area contributed by atoms with E-state index in [1.807, 2.05) is 4.90 Å². The Balaban J connectivity index is 1.21. The number of aromatic nitrogens is 2. The van der Waals surface area contributed by atoms with Gasteiger partial charge in [0.2, 0.25) is 11.9 Å². The van der Waals surface area contributed by atoms with Gasteiger partial charge in [-0.15, -0.1) is 0 Å². The Morgan fingerprint density at radius 2 is 1.81 bits per heavy atom. The average Bonchev–Trinajstić information content (AvgIpc) is 3.49. The van der Waals surface area contributed by atoms with Crippen molar-refractivity contribution in [3.63, 3.8) is 0 Å². The number of anilines is 1. The molecule has 2 aliphatic heterocycles. The second-order valence-corrected chi connectivity index (χ2v) is 8.02. The van der Waals surface area contributed by atoms with E-state index in [1.165, 1.54) is 32.2 Å². The molecule has 0 aromatic carbocycles. The van der Waals surface area contributed by atoms with Gasteiger partial charge >= 0.3 is 0 Å². The van der Waals surface area contributed by atoms with E-state index >= 15 is 0 Å². The van der Waals surface area contributed by atoms with E-state index < -0.39 is 5.82 Å². The van der Waals surface area contributed by atoms with Gasteiger partial charge in [-0.2, -0.15) is 0 Å². The highest BCUT2D eigenvalue weighted by Gasteiger charge is 2.31. The van der Waals surface area contributed by atoms with Gasteiger partial charge in [0.15, 0.2) is 5.82 Å². The predicted octanol–water partition coefficient (Wildman–Crippen LogP) is 1.38. The summed E-state index contributed by atoms with van der Waals surface area (Å²) in [5.41, 5.74) is 0. The van der Waals surface area contributed by atoms with E-state index in [-0.39, 0.29) is 18.6 Å². The van der Waals surface area contributed by atoms with Crippen molar-refractivity contribution >= 4 is 11.9 Å². The Kier molecular flexibility index (Phi) is 5.83. The molecule has 0 radical (unpaired) electrons. The average molecular weight is 377 g/mol. The molecule has 0 bridgehead atoms. The number of nitrogens with one attached hydrogen (secondary N) is 1. The van der Waals surface area contributed by atoms with Crippen LogP contribution in [0.15, 0.2) is 12.4 Å². The van der Waals surface area contributed by atoms with Crippen LogP contribution in [0.1, 0.15) is 25.7 Å². The first-order chi connectivity index (χ1) is 13.2. The third-order valence-electron chi connectivity index (χ3n) is 5.73. The fourth-order valence-electron chi connectivity index (χ4n) is 3.92. The first-order valence-corrected chi connectivity index (χ1v) is 9.99. The normalized spacial score (nSPS) is 25.0. The summed E-state index contributed by atoms with van der Waals surface area (Å²) in [6, 6.07) is 0. The first-order valence-electron chi connectivity index (χ1n) is 9.99. The number of ether oxygens (including phenoxy) is 1. The summed E-state index contributed by atoms with van der Waals surface area (Å²) in [6.45, 7) is 5.60. The van der Waals surface area contributed by atoms with Crippen LogP contribution in [0.5, 0.6) is 0 Å². The minimum Gasteiger partial charge on any atom is -0.365 e. The molecule has 1 aromatic heterocycles. The van der Waals surface area contributed by atoms with E-state index in [1.54, 1.807) is 0 Å². The summed E-state index contributed by atoms with van der Waals surface area (Å²) in [5, 5.41) is 3.05. The quantitative estimate of drug-likeness (QED) is 0.774. The number of hydrogen-bond acceptors (Lipinski definition) is 6. The largest absolute Gasteiger partial charge is 0.365 e. The van der Waals surface area contributed by atoms with Crippen LogP contribution in [0.4, 0.5) is 10.3 Å². The number of rotatable bonds is 7. The zero-order valence-corrected chi connectivity index (χ0v) is 15.6. The zero-order chi connectivity index (χ0) is 18.6. The third kappa shape index (κ3) is 5.35. The smallest absolute Gasteiger partial charge is 0.248 e. The molecular weight excluding hydrogens is 349 g/mol. The van der Waals surface area contributed by atoms with E-state index in [4.69, 9.17) is 4.74 Å². The molecule has 3 aliphatic rings. The SMILES string of the molecule is O=C1CO[C@@H](CNc2ncc(F)cn2)CN1CC1CCN(CC2CC2)CC1. The zero-order valence-electron chi connectivity index (χ0n) is 15.6. The first kappa shape index (κ1) is 18.6.